The predicted molar refractivity (Wildman–Crippen MR) is 37.8 cm³/mol. The lowest BCUT2D eigenvalue weighted by atomic mass is 10.2. The van der Waals surface area contributed by atoms with Crippen LogP contribution in [0.15, 0.2) is 18.2 Å². The standard InChI is InChI=1S/C8H3F4NO/c9-7-3-6(14-8(10,11)12)2-1-5(7)4-13/h1-3H. The molecular formula is C8H3F4NO. The quantitative estimate of drug-likeness (QED) is 0.660. The summed E-state index contributed by atoms with van der Waals surface area (Å²) >= 11 is 0. The number of alkyl halides is 3. The van der Waals surface area contributed by atoms with Crippen molar-refractivity contribution in [3.63, 3.8) is 0 Å². The van der Waals surface area contributed by atoms with E-state index < -0.39 is 17.9 Å². The van der Waals surface area contributed by atoms with Gasteiger partial charge < -0.3 is 4.74 Å². The van der Waals surface area contributed by atoms with Gasteiger partial charge in [0.25, 0.3) is 0 Å². The number of nitriles is 1. The van der Waals surface area contributed by atoms with E-state index in [0.29, 0.717) is 6.07 Å². The summed E-state index contributed by atoms with van der Waals surface area (Å²) in [5.41, 5.74) is -0.334. The Kier molecular flexibility index (Phi) is 2.60. The third kappa shape index (κ3) is 2.62. The Bertz CT molecular complexity index is 380. The van der Waals surface area contributed by atoms with Gasteiger partial charge in [-0.05, 0) is 12.1 Å². The van der Waals surface area contributed by atoms with Gasteiger partial charge in [-0.2, -0.15) is 5.26 Å². The molecule has 6 heteroatoms. The molecule has 0 spiro atoms. The van der Waals surface area contributed by atoms with Crippen LogP contribution >= 0.6 is 0 Å². The Morgan fingerprint density at radius 1 is 1.29 bits per heavy atom. The van der Waals surface area contributed by atoms with Crippen molar-refractivity contribution in [2.24, 2.45) is 0 Å². The highest BCUT2D eigenvalue weighted by Crippen LogP contribution is 2.24. The van der Waals surface area contributed by atoms with E-state index in [-0.39, 0.29) is 5.56 Å². The van der Waals surface area contributed by atoms with Gasteiger partial charge in [-0.1, -0.05) is 0 Å². The Hall–Kier alpha value is -1.77. The summed E-state index contributed by atoms with van der Waals surface area (Å²) in [7, 11) is 0. The molecule has 0 unspecified atom stereocenters. The minimum absolute atomic E-state index is 0.334. The molecule has 0 aliphatic rings. The number of benzene rings is 1. The molecule has 74 valence electrons. The van der Waals surface area contributed by atoms with Gasteiger partial charge in [-0.15, -0.1) is 13.2 Å². The van der Waals surface area contributed by atoms with E-state index in [4.69, 9.17) is 5.26 Å². The highest BCUT2D eigenvalue weighted by atomic mass is 19.4. The fourth-order valence-corrected chi connectivity index (χ4v) is 0.784. The van der Waals surface area contributed by atoms with E-state index in [1.807, 2.05) is 0 Å². The molecule has 0 heterocycles. The van der Waals surface area contributed by atoms with E-state index in [0.717, 1.165) is 12.1 Å². The van der Waals surface area contributed by atoms with Gasteiger partial charge in [0, 0.05) is 6.07 Å². The highest BCUT2D eigenvalue weighted by molar-refractivity contribution is 5.36. The van der Waals surface area contributed by atoms with E-state index in [1.165, 1.54) is 6.07 Å². The summed E-state index contributed by atoms with van der Waals surface area (Å²) in [6.07, 6.45) is -4.86. The van der Waals surface area contributed by atoms with Crippen LogP contribution in [-0.4, -0.2) is 6.36 Å². The second-order valence-electron chi connectivity index (χ2n) is 2.30. The van der Waals surface area contributed by atoms with Crippen LogP contribution < -0.4 is 4.74 Å². The molecule has 0 aliphatic heterocycles. The maximum absolute atomic E-state index is 12.8. The first-order chi connectivity index (χ1) is 6.42. The number of rotatable bonds is 1. The van der Waals surface area contributed by atoms with E-state index in [9.17, 15) is 17.6 Å². The van der Waals surface area contributed by atoms with Crippen molar-refractivity contribution in [1.82, 2.24) is 0 Å². The molecule has 0 saturated carbocycles. The molecule has 0 radical (unpaired) electrons. The van der Waals surface area contributed by atoms with Crippen molar-refractivity contribution in [3.8, 4) is 11.8 Å². The zero-order chi connectivity index (χ0) is 10.8. The molecule has 0 aliphatic carbocycles. The lowest BCUT2D eigenvalue weighted by molar-refractivity contribution is -0.274. The van der Waals surface area contributed by atoms with Crippen LogP contribution in [0.5, 0.6) is 5.75 Å². The highest BCUT2D eigenvalue weighted by Gasteiger charge is 2.31. The molecule has 0 bridgehead atoms. The van der Waals surface area contributed by atoms with Crippen LogP contribution in [0, 0.1) is 17.1 Å². The number of halogens is 4. The summed E-state index contributed by atoms with van der Waals surface area (Å²) in [6, 6.07) is 3.76. The summed E-state index contributed by atoms with van der Waals surface area (Å²) in [5.74, 6) is -1.73. The SMILES string of the molecule is N#Cc1ccc(OC(F)(F)F)cc1F. The fraction of sp³-hybridized carbons (Fsp3) is 0.125. The normalized spacial score (nSPS) is 10.8. The first kappa shape index (κ1) is 10.3. The molecule has 1 rings (SSSR count). The van der Waals surface area contributed by atoms with Crippen LogP contribution in [0.4, 0.5) is 17.6 Å². The van der Waals surface area contributed by atoms with Crippen molar-refractivity contribution in [1.29, 1.82) is 5.26 Å². The summed E-state index contributed by atoms with van der Waals surface area (Å²) < 4.78 is 51.1. The zero-order valence-electron chi connectivity index (χ0n) is 6.60. The topological polar surface area (TPSA) is 33.0 Å². The van der Waals surface area contributed by atoms with Crippen molar-refractivity contribution < 1.29 is 22.3 Å². The maximum atomic E-state index is 12.8. The molecule has 0 saturated heterocycles. The number of hydrogen-bond acceptors (Lipinski definition) is 2. The molecule has 0 fully saturated rings. The lowest BCUT2D eigenvalue weighted by Gasteiger charge is -2.08. The first-order valence-electron chi connectivity index (χ1n) is 3.38. The average molecular weight is 205 g/mol. The van der Waals surface area contributed by atoms with Crippen LogP contribution in [-0.2, 0) is 0 Å². The smallest absolute Gasteiger partial charge is 0.406 e. The maximum Gasteiger partial charge on any atom is 0.573 e. The van der Waals surface area contributed by atoms with Crippen molar-refractivity contribution in [2.75, 3.05) is 0 Å². The average Bonchev–Trinajstić information content (AvgIpc) is 2.01. The number of nitrogens with zero attached hydrogens (tertiary/aromatic N) is 1. The minimum atomic E-state index is -4.86. The third-order valence-electron chi connectivity index (χ3n) is 1.29. The van der Waals surface area contributed by atoms with Gasteiger partial charge in [0.2, 0.25) is 0 Å². The summed E-state index contributed by atoms with van der Waals surface area (Å²) in [5, 5.41) is 8.29. The van der Waals surface area contributed by atoms with Crippen molar-refractivity contribution >= 4 is 0 Å². The third-order valence-corrected chi connectivity index (χ3v) is 1.29. The molecular weight excluding hydrogens is 202 g/mol. The predicted octanol–water partition coefficient (Wildman–Crippen LogP) is 2.60. The monoisotopic (exact) mass is 205 g/mol. The Morgan fingerprint density at radius 3 is 2.36 bits per heavy atom. The minimum Gasteiger partial charge on any atom is -0.406 e. The van der Waals surface area contributed by atoms with Gasteiger partial charge in [0.1, 0.15) is 17.6 Å². The van der Waals surface area contributed by atoms with Crippen LogP contribution in [0.1, 0.15) is 5.56 Å². The zero-order valence-corrected chi connectivity index (χ0v) is 6.60. The fourth-order valence-electron chi connectivity index (χ4n) is 0.784. The van der Waals surface area contributed by atoms with E-state index >= 15 is 0 Å². The van der Waals surface area contributed by atoms with Crippen LogP contribution in [0.3, 0.4) is 0 Å². The lowest BCUT2D eigenvalue weighted by Crippen LogP contribution is -2.17. The Labute approximate surface area is 76.3 Å². The van der Waals surface area contributed by atoms with Gasteiger partial charge in [-0.25, -0.2) is 4.39 Å². The molecule has 14 heavy (non-hydrogen) atoms. The van der Waals surface area contributed by atoms with Gasteiger partial charge in [0.05, 0.1) is 5.56 Å². The van der Waals surface area contributed by atoms with Gasteiger partial charge in [0.15, 0.2) is 0 Å². The second kappa shape index (κ2) is 3.54. The molecule has 0 amide bonds. The molecule has 0 N–H and O–H groups in total. The van der Waals surface area contributed by atoms with E-state index in [2.05, 4.69) is 4.74 Å². The summed E-state index contributed by atoms with van der Waals surface area (Å²) in [4.78, 5) is 0. The first-order valence-corrected chi connectivity index (χ1v) is 3.38. The van der Waals surface area contributed by atoms with E-state index in [1.54, 1.807) is 0 Å². The largest absolute Gasteiger partial charge is 0.573 e. The van der Waals surface area contributed by atoms with Crippen molar-refractivity contribution in [2.45, 2.75) is 6.36 Å². The Balaban J connectivity index is 2.94. The van der Waals surface area contributed by atoms with Gasteiger partial charge >= 0.3 is 6.36 Å². The van der Waals surface area contributed by atoms with Crippen LogP contribution in [0.2, 0.25) is 0 Å². The molecule has 0 atom stereocenters. The van der Waals surface area contributed by atoms with Crippen LogP contribution in [0.25, 0.3) is 0 Å². The van der Waals surface area contributed by atoms with Gasteiger partial charge in [-0.3, -0.25) is 0 Å². The molecule has 1 aromatic rings. The number of ether oxygens (including phenoxy) is 1. The summed E-state index contributed by atoms with van der Waals surface area (Å²) in [6.45, 7) is 0. The number of hydrogen-bond donors (Lipinski definition) is 0. The molecule has 2 nitrogen and oxygen atoms in total. The molecule has 0 aromatic heterocycles. The van der Waals surface area contributed by atoms with Crippen molar-refractivity contribution in [3.05, 3.63) is 29.6 Å². The molecule has 1 aromatic carbocycles. The Morgan fingerprint density at radius 2 is 1.93 bits per heavy atom. The second-order valence-corrected chi connectivity index (χ2v) is 2.30.